The Morgan fingerprint density at radius 2 is 1.86 bits per heavy atom. The number of rotatable bonds is 4. The minimum atomic E-state index is -0.180. The van der Waals surface area contributed by atoms with Crippen LogP contribution in [-0.4, -0.2) is 17.5 Å². The summed E-state index contributed by atoms with van der Waals surface area (Å²) in [5.74, 6) is -0.180. The van der Waals surface area contributed by atoms with Crippen LogP contribution in [0, 0.1) is 0 Å². The molecule has 1 unspecified atom stereocenters. The molecule has 0 radical (unpaired) electrons. The van der Waals surface area contributed by atoms with E-state index in [1.807, 2.05) is 0 Å². The smallest absolute Gasteiger partial charge is 0.217 e. The van der Waals surface area contributed by atoms with Crippen molar-refractivity contribution < 1.29 is 4.79 Å². The molecule has 3 nitrogen and oxygen atoms in total. The fourth-order valence-electron chi connectivity index (χ4n) is 3.50. The summed E-state index contributed by atoms with van der Waals surface area (Å²) in [4.78, 5) is 11.0. The van der Waals surface area contributed by atoms with Gasteiger partial charge in [-0.1, -0.05) is 31.4 Å². The summed E-state index contributed by atoms with van der Waals surface area (Å²) >= 11 is 0. The molecule has 3 N–H and O–H groups in total. The lowest BCUT2D eigenvalue weighted by molar-refractivity contribution is -0.118. The van der Waals surface area contributed by atoms with Gasteiger partial charge in [-0.2, -0.15) is 0 Å². The van der Waals surface area contributed by atoms with E-state index in [1.165, 1.54) is 57.8 Å². The molecule has 0 saturated carbocycles. The van der Waals surface area contributed by atoms with Crippen molar-refractivity contribution in [1.29, 1.82) is 0 Å². The highest BCUT2D eigenvalue weighted by molar-refractivity contribution is 5.73. The van der Waals surface area contributed by atoms with E-state index >= 15 is 0 Å². The van der Waals surface area contributed by atoms with Crippen molar-refractivity contribution in [2.24, 2.45) is 5.73 Å². The molecule has 2 atom stereocenters. The minimum Gasteiger partial charge on any atom is -0.370 e. The molecule has 0 saturated heterocycles. The lowest BCUT2D eigenvalue weighted by atomic mass is 9.87. The molecule has 1 rings (SSSR count). The van der Waals surface area contributed by atoms with Gasteiger partial charge in [-0.05, 0) is 65.2 Å². The van der Waals surface area contributed by atoms with E-state index in [1.54, 1.807) is 0 Å². The number of nitrogens with two attached hydrogens (primary N) is 1. The number of hydrogen-bond acceptors (Lipinski definition) is 2. The van der Waals surface area contributed by atoms with Crippen LogP contribution < -0.4 is 11.1 Å². The highest BCUT2D eigenvalue weighted by atomic mass is 16.1. The number of nitrogens with one attached hydrogen (secondary N) is 1. The van der Waals surface area contributed by atoms with Gasteiger partial charge in [0.15, 0.2) is 0 Å². The molecule has 0 aromatic carbocycles. The summed E-state index contributed by atoms with van der Waals surface area (Å²) in [7, 11) is 0. The van der Waals surface area contributed by atoms with Crippen molar-refractivity contribution in [2.45, 2.75) is 102 Å². The molecule has 0 fully saturated rings. The Morgan fingerprint density at radius 3 is 2.59 bits per heavy atom. The first-order valence-corrected chi connectivity index (χ1v) is 9.23. The molecular weight excluding hydrogens is 272 g/mol. The quantitative estimate of drug-likeness (QED) is 0.753. The number of carbonyl (C=O) groups excluding carboxylic acids is 1. The van der Waals surface area contributed by atoms with Crippen molar-refractivity contribution >= 4 is 5.91 Å². The third-order valence-corrected chi connectivity index (χ3v) is 4.77. The van der Waals surface area contributed by atoms with Gasteiger partial charge in [0.2, 0.25) is 5.91 Å². The van der Waals surface area contributed by atoms with Crippen LogP contribution in [0.15, 0.2) is 12.2 Å². The summed E-state index contributed by atoms with van der Waals surface area (Å²) in [6.45, 7) is 4.62. The molecule has 1 aliphatic rings. The fourth-order valence-corrected chi connectivity index (χ4v) is 3.50. The second-order valence-corrected chi connectivity index (χ2v) is 7.28. The Labute approximate surface area is 137 Å². The second kappa shape index (κ2) is 10.8. The first-order valence-electron chi connectivity index (χ1n) is 9.23. The van der Waals surface area contributed by atoms with E-state index in [0.717, 1.165) is 12.8 Å². The zero-order chi connectivity index (χ0) is 16.3. The average molecular weight is 309 g/mol. The van der Waals surface area contributed by atoms with Crippen LogP contribution in [0.4, 0.5) is 0 Å². The van der Waals surface area contributed by atoms with E-state index in [2.05, 4.69) is 31.3 Å². The first-order chi connectivity index (χ1) is 10.5. The third-order valence-electron chi connectivity index (χ3n) is 4.77. The maximum absolute atomic E-state index is 11.0. The predicted molar refractivity (Wildman–Crippen MR) is 94.7 cm³/mol. The molecule has 3 heteroatoms. The minimum absolute atomic E-state index is 0.132. The molecule has 1 aliphatic heterocycles. The average Bonchev–Trinajstić information content (AvgIpc) is 2.43. The predicted octanol–water partition coefficient (Wildman–Crippen LogP) is 4.46. The Bertz CT molecular complexity index is 340. The zero-order valence-electron chi connectivity index (χ0n) is 14.7. The number of allylic oxidation sites excluding steroid dienone is 2. The lowest BCUT2D eigenvalue weighted by Gasteiger charge is -2.34. The maximum Gasteiger partial charge on any atom is 0.217 e. The molecule has 1 heterocycles. The summed E-state index contributed by atoms with van der Waals surface area (Å²) in [6.07, 6.45) is 18.5. The van der Waals surface area contributed by atoms with Crippen LogP contribution in [0.25, 0.3) is 0 Å². The standard InChI is InChI=1S/C19H36N2O/c1-17-13-10-8-6-4-3-5-7-9-11-15-19(2,21-17)16-12-14-18(20)22/h5,7,17,21H,3-4,6,8-16H2,1-2H3,(H2,20,22)/b7-5+/t17?,19-/m0/s1. The van der Waals surface area contributed by atoms with Gasteiger partial charge >= 0.3 is 0 Å². The topological polar surface area (TPSA) is 55.1 Å². The summed E-state index contributed by atoms with van der Waals surface area (Å²) < 4.78 is 0. The van der Waals surface area contributed by atoms with Gasteiger partial charge in [0.05, 0.1) is 0 Å². The molecule has 0 aliphatic carbocycles. The monoisotopic (exact) mass is 308 g/mol. The highest BCUT2D eigenvalue weighted by Crippen LogP contribution is 2.23. The Kier molecular flexibility index (Phi) is 9.45. The Morgan fingerprint density at radius 1 is 1.18 bits per heavy atom. The normalized spacial score (nSPS) is 30.4. The summed E-state index contributed by atoms with van der Waals surface area (Å²) in [5.41, 5.74) is 5.41. The van der Waals surface area contributed by atoms with Crippen LogP contribution in [-0.2, 0) is 4.79 Å². The highest BCUT2D eigenvalue weighted by Gasteiger charge is 2.25. The zero-order valence-corrected chi connectivity index (χ0v) is 14.7. The van der Waals surface area contributed by atoms with Crippen molar-refractivity contribution in [3.63, 3.8) is 0 Å². The van der Waals surface area contributed by atoms with Crippen molar-refractivity contribution in [2.75, 3.05) is 0 Å². The van der Waals surface area contributed by atoms with Crippen LogP contribution in [0.2, 0.25) is 0 Å². The van der Waals surface area contributed by atoms with Crippen molar-refractivity contribution in [3.05, 3.63) is 12.2 Å². The van der Waals surface area contributed by atoms with Gasteiger partial charge in [0.1, 0.15) is 0 Å². The van der Waals surface area contributed by atoms with E-state index in [4.69, 9.17) is 5.73 Å². The van der Waals surface area contributed by atoms with Crippen molar-refractivity contribution in [3.8, 4) is 0 Å². The first kappa shape index (κ1) is 19.2. The molecule has 0 aromatic heterocycles. The van der Waals surface area contributed by atoms with Gasteiger partial charge < -0.3 is 11.1 Å². The maximum atomic E-state index is 11.0. The number of amides is 1. The molecule has 1 amide bonds. The molecular formula is C19H36N2O. The molecule has 0 bridgehead atoms. The summed E-state index contributed by atoms with van der Waals surface area (Å²) in [5, 5.41) is 3.84. The molecule has 0 spiro atoms. The van der Waals surface area contributed by atoms with E-state index in [0.29, 0.717) is 12.5 Å². The van der Waals surface area contributed by atoms with Crippen LogP contribution in [0.1, 0.15) is 90.9 Å². The third kappa shape index (κ3) is 9.24. The van der Waals surface area contributed by atoms with Gasteiger partial charge in [0.25, 0.3) is 0 Å². The van der Waals surface area contributed by atoms with Gasteiger partial charge in [-0.15, -0.1) is 0 Å². The largest absolute Gasteiger partial charge is 0.370 e. The Hall–Kier alpha value is -0.830. The van der Waals surface area contributed by atoms with Gasteiger partial charge in [0, 0.05) is 18.0 Å². The van der Waals surface area contributed by atoms with Gasteiger partial charge in [-0.25, -0.2) is 0 Å². The van der Waals surface area contributed by atoms with E-state index in [9.17, 15) is 4.79 Å². The van der Waals surface area contributed by atoms with Crippen molar-refractivity contribution in [1.82, 2.24) is 5.32 Å². The van der Waals surface area contributed by atoms with E-state index in [-0.39, 0.29) is 11.4 Å². The number of primary amides is 1. The lowest BCUT2D eigenvalue weighted by Crippen LogP contribution is -2.47. The fraction of sp³-hybridized carbons (Fsp3) is 0.842. The number of carbonyl (C=O) groups is 1. The number of hydrogen-bond donors (Lipinski definition) is 2. The molecule has 128 valence electrons. The molecule has 22 heavy (non-hydrogen) atoms. The van der Waals surface area contributed by atoms with E-state index < -0.39 is 0 Å². The second-order valence-electron chi connectivity index (χ2n) is 7.28. The van der Waals surface area contributed by atoms with Gasteiger partial charge in [-0.3, -0.25) is 4.79 Å². The summed E-state index contributed by atoms with van der Waals surface area (Å²) in [6, 6.07) is 0.553. The SMILES string of the molecule is CC1CCCCCC/C=C/CCC[C@@](C)(CCCC(N)=O)N1. The van der Waals surface area contributed by atoms with Crippen LogP contribution in [0.5, 0.6) is 0 Å². The molecule has 0 aromatic rings. The van der Waals surface area contributed by atoms with Crippen LogP contribution >= 0.6 is 0 Å². The van der Waals surface area contributed by atoms with Crippen LogP contribution in [0.3, 0.4) is 0 Å². The Balaban J connectivity index is 2.55.